The van der Waals surface area contributed by atoms with Crippen LogP contribution in [-0.2, 0) is 4.79 Å². The molecule has 4 heteroatoms. The monoisotopic (exact) mass is 311 g/mol. The molecule has 0 saturated carbocycles. The average molecular weight is 312 g/mol. The number of amides is 1. The van der Waals surface area contributed by atoms with E-state index in [0.29, 0.717) is 17.7 Å². The van der Waals surface area contributed by atoms with Crippen LogP contribution < -0.4 is 5.32 Å². The molecule has 3 nitrogen and oxygen atoms in total. The van der Waals surface area contributed by atoms with E-state index in [4.69, 9.17) is 0 Å². The van der Waals surface area contributed by atoms with Gasteiger partial charge in [-0.25, -0.2) is 0 Å². The zero-order valence-electron chi connectivity index (χ0n) is 10.9. The molecule has 0 aliphatic heterocycles. The van der Waals surface area contributed by atoms with Crippen molar-refractivity contribution in [1.82, 2.24) is 0 Å². The van der Waals surface area contributed by atoms with Gasteiger partial charge < -0.3 is 5.32 Å². The summed E-state index contributed by atoms with van der Waals surface area (Å²) in [6.07, 6.45) is 1.20. The Labute approximate surface area is 116 Å². The first-order valence-electron chi connectivity index (χ1n) is 6.13. The second-order valence-electron chi connectivity index (χ2n) is 4.27. The van der Waals surface area contributed by atoms with Crippen LogP contribution in [-0.4, -0.2) is 11.7 Å². The predicted octanol–water partition coefficient (Wildman–Crippen LogP) is 4.03. The van der Waals surface area contributed by atoms with E-state index >= 15 is 0 Å². The van der Waals surface area contributed by atoms with Crippen molar-refractivity contribution in [3.05, 3.63) is 28.2 Å². The molecular formula is C14H18BrNO2. The van der Waals surface area contributed by atoms with Crippen molar-refractivity contribution in [2.24, 2.45) is 5.92 Å². The molecule has 0 bridgehead atoms. The van der Waals surface area contributed by atoms with Crippen LogP contribution in [0.15, 0.2) is 22.7 Å². The first-order valence-corrected chi connectivity index (χ1v) is 6.92. The highest BCUT2D eigenvalue weighted by molar-refractivity contribution is 9.10. The molecule has 1 aromatic carbocycles. The van der Waals surface area contributed by atoms with E-state index in [1.165, 1.54) is 0 Å². The first-order chi connectivity index (χ1) is 8.49. The summed E-state index contributed by atoms with van der Waals surface area (Å²) in [5, 5.41) is 2.83. The predicted molar refractivity (Wildman–Crippen MR) is 76.8 cm³/mol. The fourth-order valence-electron chi connectivity index (χ4n) is 1.49. The lowest BCUT2D eigenvalue weighted by Crippen LogP contribution is -2.21. The standard InChI is InChI=1S/C14H18BrNO2/c1-4-9(3)14(18)16-12-8-10(15)6-7-11(12)13(17)5-2/h6-9H,4-5H2,1-3H3,(H,16,18). The minimum absolute atomic E-state index is 0.0296. The minimum Gasteiger partial charge on any atom is -0.325 e. The fourth-order valence-corrected chi connectivity index (χ4v) is 1.86. The van der Waals surface area contributed by atoms with Gasteiger partial charge in [0.05, 0.1) is 5.69 Å². The maximum atomic E-state index is 11.9. The molecule has 0 spiro atoms. The number of carbonyl (C=O) groups excluding carboxylic acids is 2. The molecule has 18 heavy (non-hydrogen) atoms. The summed E-state index contributed by atoms with van der Waals surface area (Å²) in [5.74, 6) is -0.0868. The molecular weight excluding hydrogens is 294 g/mol. The third-order valence-corrected chi connectivity index (χ3v) is 3.41. The Morgan fingerprint density at radius 2 is 2.00 bits per heavy atom. The molecule has 0 fully saturated rings. The van der Waals surface area contributed by atoms with Crippen LogP contribution in [0.5, 0.6) is 0 Å². The number of Topliss-reactive ketones (excluding diaryl/α,β-unsaturated/α-hetero) is 1. The maximum Gasteiger partial charge on any atom is 0.227 e. The Balaban J connectivity index is 3.03. The first kappa shape index (κ1) is 14.9. The average Bonchev–Trinajstić information content (AvgIpc) is 2.37. The van der Waals surface area contributed by atoms with Gasteiger partial charge in [-0.2, -0.15) is 0 Å². The molecule has 0 saturated heterocycles. The number of carbonyl (C=O) groups is 2. The smallest absolute Gasteiger partial charge is 0.227 e. The summed E-state index contributed by atoms with van der Waals surface area (Å²) in [5.41, 5.74) is 1.15. The highest BCUT2D eigenvalue weighted by atomic mass is 79.9. The molecule has 0 radical (unpaired) electrons. The topological polar surface area (TPSA) is 46.2 Å². The zero-order chi connectivity index (χ0) is 13.7. The number of anilines is 1. The van der Waals surface area contributed by atoms with Crippen molar-refractivity contribution >= 4 is 33.3 Å². The SMILES string of the molecule is CCC(=O)c1ccc(Br)cc1NC(=O)C(C)CC. The lowest BCUT2D eigenvalue weighted by atomic mass is 10.0. The van der Waals surface area contributed by atoms with Crippen molar-refractivity contribution in [3.63, 3.8) is 0 Å². The van der Waals surface area contributed by atoms with Gasteiger partial charge >= 0.3 is 0 Å². The van der Waals surface area contributed by atoms with Gasteiger partial charge in [-0.15, -0.1) is 0 Å². The molecule has 1 unspecified atom stereocenters. The molecule has 98 valence electrons. The van der Waals surface area contributed by atoms with Crippen LogP contribution in [0.3, 0.4) is 0 Å². The van der Waals surface area contributed by atoms with E-state index in [9.17, 15) is 9.59 Å². The van der Waals surface area contributed by atoms with Crippen LogP contribution >= 0.6 is 15.9 Å². The molecule has 1 aromatic rings. The van der Waals surface area contributed by atoms with E-state index in [-0.39, 0.29) is 17.6 Å². The largest absolute Gasteiger partial charge is 0.325 e. The summed E-state index contributed by atoms with van der Waals surface area (Å²) in [6, 6.07) is 5.31. The van der Waals surface area contributed by atoms with E-state index in [1.54, 1.807) is 12.1 Å². The summed E-state index contributed by atoms with van der Waals surface area (Å²) >= 11 is 3.35. The highest BCUT2D eigenvalue weighted by Gasteiger charge is 2.15. The lowest BCUT2D eigenvalue weighted by molar-refractivity contribution is -0.119. The van der Waals surface area contributed by atoms with Gasteiger partial charge in [0.2, 0.25) is 5.91 Å². The van der Waals surface area contributed by atoms with Gasteiger partial charge in [0.1, 0.15) is 0 Å². The Morgan fingerprint density at radius 1 is 1.33 bits per heavy atom. The summed E-state index contributed by atoms with van der Waals surface area (Å²) in [4.78, 5) is 23.7. The third kappa shape index (κ3) is 3.67. The Kier molecular flexibility index (Phi) is 5.54. The van der Waals surface area contributed by atoms with Gasteiger partial charge in [0.15, 0.2) is 5.78 Å². The van der Waals surface area contributed by atoms with Crippen LogP contribution in [0.4, 0.5) is 5.69 Å². The number of ketones is 1. The Hall–Kier alpha value is -1.16. The number of hydrogen-bond acceptors (Lipinski definition) is 2. The molecule has 0 aliphatic rings. The van der Waals surface area contributed by atoms with Gasteiger partial charge in [0.25, 0.3) is 0 Å². The molecule has 0 aromatic heterocycles. The quantitative estimate of drug-likeness (QED) is 0.835. The molecule has 1 rings (SSSR count). The second-order valence-corrected chi connectivity index (χ2v) is 5.18. The third-order valence-electron chi connectivity index (χ3n) is 2.92. The summed E-state index contributed by atoms with van der Waals surface area (Å²) in [7, 11) is 0. The molecule has 0 aliphatic carbocycles. The van der Waals surface area contributed by atoms with Crippen LogP contribution in [0.1, 0.15) is 44.0 Å². The Morgan fingerprint density at radius 3 is 2.56 bits per heavy atom. The van der Waals surface area contributed by atoms with Crippen molar-refractivity contribution in [2.45, 2.75) is 33.6 Å². The molecule has 1 N–H and O–H groups in total. The maximum absolute atomic E-state index is 11.9. The Bertz CT molecular complexity index is 457. The van der Waals surface area contributed by atoms with Gasteiger partial charge in [-0.3, -0.25) is 9.59 Å². The van der Waals surface area contributed by atoms with Crippen LogP contribution in [0.2, 0.25) is 0 Å². The van der Waals surface area contributed by atoms with E-state index in [1.807, 2.05) is 26.8 Å². The number of halogens is 1. The van der Waals surface area contributed by atoms with E-state index in [2.05, 4.69) is 21.2 Å². The highest BCUT2D eigenvalue weighted by Crippen LogP contribution is 2.23. The van der Waals surface area contributed by atoms with Crippen molar-refractivity contribution < 1.29 is 9.59 Å². The normalized spacial score (nSPS) is 12.0. The fraction of sp³-hybridized carbons (Fsp3) is 0.429. The van der Waals surface area contributed by atoms with Crippen LogP contribution in [0, 0.1) is 5.92 Å². The number of rotatable bonds is 5. The summed E-state index contributed by atoms with van der Waals surface area (Å²) in [6.45, 7) is 5.64. The van der Waals surface area contributed by atoms with Gasteiger partial charge in [-0.05, 0) is 24.6 Å². The molecule has 0 heterocycles. The van der Waals surface area contributed by atoms with E-state index in [0.717, 1.165) is 10.9 Å². The van der Waals surface area contributed by atoms with E-state index < -0.39 is 0 Å². The second kappa shape index (κ2) is 6.69. The van der Waals surface area contributed by atoms with Gasteiger partial charge in [0, 0.05) is 22.4 Å². The van der Waals surface area contributed by atoms with Crippen molar-refractivity contribution in [2.75, 3.05) is 5.32 Å². The lowest BCUT2D eigenvalue weighted by Gasteiger charge is -2.13. The minimum atomic E-state index is -0.0615. The number of benzene rings is 1. The molecule has 1 amide bonds. The summed E-state index contributed by atoms with van der Waals surface area (Å²) < 4.78 is 0.842. The molecule has 1 atom stereocenters. The zero-order valence-corrected chi connectivity index (χ0v) is 12.5. The van der Waals surface area contributed by atoms with Crippen molar-refractivity contribution in [1.29, 1.82) is 0 Å². The van der Waals surface area contributed by atoms with Crippen molar-refractivity contribution in [3.8, 4) is 0 Å². The van der Waals surface area contributed by atoms with Gasteiger partial charge in [-0.1, -0.05) is 36.7 Å². The van der Waals surface area contributed by atoms with Crippen LogP contribution in [0.25, 0.3) is 0 Å². The number of hydrogen-bond donors (Lipinski definition) is 1. The number of nitrogens with one attached hydrogen (secondary N) is 1.